The van der Waals surface area contributed by atoms with Crippen molar-refractivity contribution in [2.45, 2.75) is 19.5 Å². The quantitative estimate of drug-likeness (QED) is 0.882. The molecule has 0 fully saturated rings. The summed E-state index contributed by atoms with van der Waals surface area (Å²) in [7, 11) is 1.57. The van der Waals surface area contributed by atoms with Crippen LogP contribution in [-0.2, 0) is 6.54 Å². The zero-order chi connectivity index (χ0) is 16.8. The number of aliphatic hydroxyl groups excluding tert-OH is 1. The molecule has 2 amide bonds. The van der Waals surface area contributed by atoms with E-state index in [2.05, 4.69) is 5.32 Å². The van der Waals surface area contributed by atoms with Crippen molar-refractivity contribution < 1.29 is 9.90 Å². The van der Waals surface area contributed by atoms with Crippen LogP contribution >= 0.6 is 0 Å². The molecule has 0 saturated carbocycles. The molecule has 6 heteroatoms. The standard InChI is InChI=1S/C17H21N3O3/c1-13(12-21)19(2)17(23)18-15-9-6-10-20(16(15)22)11-14-7-4-3-5-8-14/h3-10,13,21H,11-12H2,1-2H3,(H,18,23). The molecule has 23 heavy (non-hydrogen) atoms. The summed E-state index contributed by atoms with van der Waals surface area (Å²) in [6.45, 7) is 2.02. The van der Waals surface area contributed by atoms with Gasteiger partial charge in [-0.1, -0.05) is 30.3 Å². The maximum atomic E-state index is 12.5. The van der Waals surface area contributed by atoms with Gasteiger partial charge in [0, 0.05) is 13.2 Å². The van der Waals surface area contributed by atoms with Gasteiger partial charge in [0.2, 0.25) is 0 Å². The van der Waals surface area contributed by atoms with Crippen LogP contribution in [0.15, 0.2) is 53.5 Å². The molecule has 1 unspecified atom stereocenters. The van der Waals surface area contributed by atoms with Gasteiger partial charge in [-0.05, 0) is 24.6 Å². The summed E-state index contributed by atoms with van der Waals surface area (Å²) in [6.07, 6.45) is 1.69. The fourth-order valence-corrected chi connectivity index (χ4v) is 2.06. The minimum atomic E-state index is -0.430. The number of nitrogens with zero attached hydrogens (tertiary/aromatic N) is 2. The summed E-state index contributed by atoms with van der Waals surface area (Å²) in [5, 5.41) is 11.7. The Morgan fingerprint density at radius 1 is 1.26 bits per heavy atom. The molecule has 0 aliphatic carbocycles. The van der Waals surface area contributed by atoms with Crippen LogP contribution in [0.4, 0.5) is 10.5 Å². The Morgan fingerprint density at radius 2 is 1.96 bits per heavy atom. The third-order valence-corrected chi connectivity index (χ3v) is 3.70. The van der Waals surface area contributed by atoms with Crippen LogP contribution in [-0.4, -0.2) is 40.3 Å². The number of carbonyl (C=O) groups is 1. The van der Waals surface area contributed by atoms with Gasteiger partial charge in [-0.25, -0.2) is 4.79 Å². The van der Waals surface area contributed by atoms with Crippen LogP contribution in [0.2, 0.25) is 0 Å². The third-order valence-electron chi connectivity index (χ3n) is 3.70. The minimum absolute atomic E-state index is 0.142. The number of nitrogens with one attached hydrogen (secondary N) is 1. The number of likely N-dealkylation sites (N-methyl/N-ethyl adjacent to an activating group) is 1. The molecule has 2 aromatic rings. The molecule has 1 aromatic heterocycles. The summed E-state index contributed by atoms with van der Waals surface area (Å²) < 4.78 is 1.54. The Morgan fingerprint density at radius 3 is 2.61 bits per heavy atom. The first-order chi connectivity index (χ1) is 11.0. The average molecular weight is 315 g/mol. The third kappa shape index (κ3) is 4.20. The molecular formula is C17H21N3O3. The van der Waals surface area contributed by atoms with Crippen molar-refractivity contribution >= 4 is 11.7 Å². The lowest BCUT2D eigenvalue weighted by Crippen LogP contribution is -2.41. The van der Waals surface area contributed by atoms with Gasteiger partial charge in [0.15, 0.2) is 0 Å². The number of pyridine rings is 1. The lowest BCUT2D eigenvalue weighted by Gasteiger charge is -2.23. The van der Waals surface area contributed by atoms with E-state index in [-0.39, 0.29) is 23.9 Å². The number of anilines is 1. The Bertz CT molecular complexity index is 713. The molecule has 0 radical (unpaired) electrons. The maximum Gasteiger partial charge on any atom is 0.322 e. The van der Waals surface area contributed by atoms with E-state index in [0.717, 1.165) is 5.56 Å². The van der Waals surface area contributed by atoms with Crippen molar-refractivity contribution in [3.8, 4) is 0 Å². The van der Waals surface area contributed by atoms with Crippen molar-refractivity contribution in [1.82, 2.24) is 9.47 Å². The van der Waals surface area contributed by atoms with Crippen molar-refractivity contribution in [2.75, 3.05) is 19.0 Å². The highest BCUT2D eigenvalue weighted by atomic mass is 16.3. The van der Waals surface area contributed by atoms with E-state index in [0.29, 0.717) is 6.54 Å². The topological polar surface area (TPSA) is 74.6 Å². The van der Waals surface area contributed by atoms with Gasteiger partial charge in [0.25, 0.3) is 5.56 Å². The Kier molecular flexibility index (Phi) is 5.54. The molecule has 122 valence electrons. The molecule has 0 saturated heterocycles. The zero-order valence-corrected chi connectivity index (χ0v) is 13.3. The number of amides is 2. The van der Waals surface area contributed by atoms with Gasteiger partial charge >= 0.3 is 6.03 Å². The minimum Gasteiger partial charge on any atom is -0.394 e. The van der Waals surface area contributed by atoms with Crippen LogP contribution in [0.1, 0.15) is 12.5 Å². The van der Waals surface area contributed by atoms with E-state index in [9.17, 15) is 9.59 Å². The van der Waals surface area contributed by atoms with E-state index in [1.807, 2.05) is 30.3 Å². The molecule has 0 aliphatic rings. The van der Waals surface area contributed by atoms with Gasteiger partial charge in [-0.2, -0.15) is 0 Å². The van der Waals surface area contributed by atoms with Gasteiger partial charge in [-0.3, -0.25) is 4.79 Å². The summed E-state index contributed by atoms with van der Waals surface area (Å²) in [5.41, 5.74) is 0.948. The summed E-state index contributed by atoms with van der Waals surface area (Å²) >= 11 is 0. The van der Waals surface area contributed by atoms with Crippen molar-refractivity contribution in [2.24, 2.45) is 0 Å². The Labute approximate surface area is 135 Å². The van der Waals surface area contributed by atoms with Gasteiger partial charge in [0.05, 0.1) is 19.2 Å². The van der Waals surface area contributed by atoms with E-state index in [1.54, 1.807) is 36.9 Å². The van der Waals surface area contributed by atoms with Gasteiger partial charge in [-0.15, -0.1) is 0 Å². The lowest BCUT2D eigenvalue weighted by atomic mass is 10.2. The highest BCUT2D eigenvalue weighted by molar-refractivity contribution is 5.89. The predicted octanol–water partition coefficient (Wildman–Crippen LogP) is 1.74. The van der Waals surface area contributed by atoms with E-state index in [4.69, 9.17) is 5.11 Å². The first kappa shape index (κ1) is 16.8. The molecule has 2 rings (SSSR count). The number of carbonyl (C=O) groups excluding carboxylic acids is 1. The number of aliphatic hydroxyl groups is 1. The predicted molar refractivity (Wildman–Crippen MR) is 89.6 cm³/mol. The summed E-state index contributed by atoms with van der Waals surface area (Å²) in [4.78, 5) is 25.9. The van der Waals surface area contributed by atoms with Crippen LogP contribution in [0, 0.1) is 0 Å². The number of hydrogen-bond acceptors (Lipinski definition) is 3. The van der Waals surface area contributed by atoms with Crippen LogP contribution in [0.5, 0.6) is 0 Å². The summed E-state index contributed by atoms with van der Waals surface area (Å²) in [5.74, 6) is 0. The highest BCUT2D eigenvalue weighted by Gasteiger charge is 2.16. The molecule has 1 atom stereocenters. The van der Waals surface area contributed by atoms with Gasteiger partial charge in [0.1, 0.15) is 5.69 Å². The van der Waals surface area contributed by atoms with Crippen LogP contribution < -0.4 is 10.9 Å². The largest absolute Gasteiger partial charge is 0.394 e. The Balaban J connectivity index is 2.17. The molecule has 0 aliphatic heterocycles. The number of hydrogen-bond donors (Lipinski definition) is 2. The van der Waals surface area contributed by atoms with Crippen molar-refractivity contribution in [1.29, 1.82) is 0 Å². The number of urea groups is 1. The number of aromatic nitrogens is 1. The lowest BCUT2D eigenvalue weighted by molar-refractivity contribution is 0.166. The fraction of sp³-hybridized carbons (Fsp3) is 0.294. The summed E-state index contributed by atoms with van der Waals surface area (Å²) in [6, 6.07) is 12.2. The maximum absolute atomic E-state index is 12.5. The first-order valence-corrected chi connectivity index (χ1v) is 7.41. The van der Waals surface area contributed by atoms with Crippen molar-refractivity contribution in [3.63, 3.8) is 0 Å². The number of rotatable bonds is 5. The second kappa shape index (κ2) is 7.60. The van der Waals surface area contributed by atoms with Gasteiger partial charge < -0.3 is 19.9 Å². The molecule has 1 heterocycles. The van der Waals surface area contributed by atoms with E-state index >= 15 is 0 Å². The molecule has 0 spiro atoms. The van der Waals surface area contributed by atoms with Crippen LogP contribution in [0.25, 0.3) is 0 Å². The Hall–Kier alpha value is -2.60. The van der Waals surface area contributed by atoms with E-state index in [1.165, 1.54) is 4.90 Å². The van der Waals surface area contributed by atoms with Crippen LogP contribution in [0.3, 0.4) is 0 Å². The number of benzene rings is 1. The second-order valence-electron chi connectivity index (χ2n) is 5.41. The molecule has 2 N–H and O–H groups in total. The first-order valence-electron chi connectivity index (χ1n) is 7.41. The van der Waals surface area contributed by atoms with E-state index < -0.39 is 6.03 Å². The van der Waals surface area contributed by atoms with Crippen molar-refractivity contribution in [3.05, 3.63) is 64.6 Å². The normalized spacial score (nSPS) is 11.8. The smallest absolute Gasteiger partial charge is 0.322 e. The molecule has 0 bridgehead atoms. The average Bonchev–Trinajstić information content (AvgIpc) is 2.58. The monoisotopic (exact) mass is 315 g/mol. The second-order valence-corrected chi connectivity index (χ2v) is 5.41. The SMILES string of the molecule is CC(CO)N(C)C(=O)Nc1cccn(Cc2ccccc2)c1=O. The zero-order valence-electron chi connectivity index (χ0n) is 13.3. The molecule has 6 nitrogen and oxygen atoms in total. The fourth-order valence-electron chi connectivity index (χ4n) is 2.06. The molecule has 1 aromatic carbocycles. The molecular weight excluding hydrogens is 294 g/mol. The highest BCUT2D eigenvalue weighted by Crippen LogP contribution is 2.05.